The zero-order valence-corrected chi connectivity index (χ0v) is 10.1. The minimum Gasteiger partial charge on any atom is -0.300 e. The highest BCUT2D eigenvalue weighted by molar-refractivity contribution is 7.03. The molecule has 0 saturated carbocycles. The summed E-state index contributed by atoms with van der Waals surface area (Å²) in [5, 5.41) is 2.91. The molecule has 2 aromatic heterocycles. The summed E-state index contributed by atoms with van der Waals surface area (Å²) in [6, 6.07) is 9.83. The third-order valence-corrected chi connectivity index (χ3v) is 3.31. The van der Waals surface area contributed by atoms with Crippen LogP contribution in [0.1, 0.15) is 17.3 Å². The van der Waals surface area contributed by atoms with Gasteiger partial charge < -0.3 is 0 Å². The number of hydrogen-bond donors (Lipinski definition) is 0. The van der Waals surface area contributed by atoms with Crippen LogP contribution in [0, 0.1) is 0 Å². The molecular formula is C13H10N2OS. The molecule has 1 aromatic carbocycles. The van der Waals surface area contributed by atoms with Crippen LogP contribution in [-0.4, -0.2) is 14.7 Å². The van der Waals surface area contributed by atoms with Crippen molar-refractivity contribution in [3.63, 3.8) is 0 Å². The third kappa shape index (κ3) is 1.57. The van der Waals surface area contributed by atoms with Gasteiger partial charge in [-0.25, -0.2) is 0 Å². The normalized spacial score (nSPS) is 10.9. The van der Waals surface area contributed by atoms with Crippen LogP contribution in [0.3, 0.4) is 0 Å². The predicted octanol–water partition coefficient (Wildman–Crippen LogP) is 3.29. The van der Waals surface area contributed by atoms with Gasteiger partial charge in [0, 0.05) is 22.5 Å². The van der Waals surface area contributed by atoms with Crippen molar-refractivity contribution < 1.29 is 4.79 Å². The van der Waals surface area contributed by atoms with Crippen molar-refractivity contribution in [1.29, 1.82) is 0 Å². The maximum absolute atomic E-state index is 11.6. The summed E-state index contributed by atoms with van der Waals surface area (Å²) in [7, 11) is 0. The molecule has 4 heteroatoms. The van der Waals surface area contributed by atoms with Crippen LogP contribution in [0.5, 0.6) is 0 Å². The number of nitrogens with zero attached hydrogens (tertiary/aromatic N) is 2. The number of benzene rings is 1. The molecule has 0 saturated heterocycles. The van der Waals surface area contributed by atoms with E-state index in [1.54, 1.807) is 6.92 Å². The average Bonchev–Trinajstić information content (AvgIpc) is 2.95. The molecule has 0 N–H and O–H groups in total. The van der Waals surface area contributed by atoms with Gasteiger partial charge in [-0.1, -0.05) is 18.2 Å². The van der Waals surface area contributed by atoms with Gasteiger partial charge in [0.1, 0.15) is 0 Å². The van der Waals surface area contributed by atoms with Crippen LogP contribution in [0.25, 0.3) is 16.7 Å². The summed E-state index contributed by atoms with van der Waals surface area (Å²) in [4.78, 5) is 11.6. The largest absolute Gasteiger partial charge is 0.300 e. The van der Waals surface area contributed by atoms with Crippen LogP contribution in [0.2, 0.25) is 0 Å². The molecule has 0 aliphatic rings. The summed E-state index contributed by atoms with van der Waals surface area (Å²) in [5.74, 6) is 0.939. The maximum atomic E-state index is 11.6. The van der Waals surface area contributed by atoms with E-state index >= 15 is 0 Å². The van der Waals surface area contributed by atoms with Crippen molar-refractivity contribution in [2.75, 3.05) is 0 Å². The first-order valence-corrected chi connectivity index (χ1v) is 6.13. The van der Waals surface area contributed by atoms with Crippen molar-refractivity contribution in [1.82, 2.24) is 8.94 Å². The average molecular weight is 242 g/mol. The van der Waals surface area contributed by atoms with E-state index in [0.29, 0.717) is 0 Å². The second-order valence-electron chi connectivity index (χ2n) is 3.84. The van der Waals surface area contributed by atoms with Gasteiger partial charge in [-0.3, -0.25) is 9.36 Å². The van der Waals surface area contributed by atoms with E-state index in [1.165, 1.54) is 11.5 Å². The van der Waals surface area contributed by atoms with E-state index in [9.17, 15) is 4.79 Å². The highest BCUT2D eigenvalue weighted by Crippen LogP contribution is 2.24. The second-order valence-corrected chi connectivity index (χ2v) is 4.51. The van der Waals surface area contributed by atoms with Crippen molar-refractivity contribution in [2.24, 2.45) is 0 Å². The SMILES string of the molecule is CC(=O)c1cn(-c2ccsn2)c2ccccc12. The molecule has 3 aromatic rings. The Kier molecular flexibility index (Phi) is 2.30. The zero-order valence-electron chi connectivity index (χ0n) is 9.25. The number of ketones is 1. The van der Waals surface area contributed by atoms with E-state index in [0.717, 1.165) is 22.3 Å². The molecular weight excluding hydrogens is 232 g/mol. The number of rotatable bonds is 2. The molecule has 0 radical (unpaired) electrons. The fraction of sp³-hybridized carbons (Fsp3) is 0.0769. The Morgan fingerprint density at radius 2 is 2.12 bits per heavy atom. The summed E-state index contributed by atoms with van der Waals surface area (Å²) in [6.07, 6.45) is 1.86. The number of carbonyl (C=O) groups is 1. The highest BCUT2D eigenvalue weighted by atomic mass is 32.1. The quantitative estimate of drug-likeness (QED) is 0.646. The van der Waals surface area contributed by atoms with Gasteiger partial charge in [-0.05, 0) is 30.6 Å². The molecule has 0 amide bonds. The van der Waals surface area contributed by atoms with Gasteiger partial charge in [-0.2, -0.15) is 4.37 Å². The van der Waals surface area contributed by atoms with E-state index in [2.05, 4.69) is 4.37 Å². The standard InChI is InChI=1S/C13H10N2OS/c1-9(16)11-8-15(13-6-7-17-14-13)12-5-3-2-4-10(11)12/h2-8H,1H3. The van der Waals surface area contributed by atoms with E-state index in [4.69, 9.17) is 0 Å². The smallest absolute Gasteiger partial charge is 0.161 e. The lowest BCUT2D eigenvalue weighted by Gasteiger charge is -1.98. The third-order valence-electron chi connectivity index (χ3n) is 2.76. The molecule has 84 valence electrons. The lowest BCUT2D eigenvalue weighted by atomic mass is 10.1. The molecule has 0 fully saturated rings. The van der Waals surface area contributed by atoms with Gasteiger partial charge in [-0.15, -0.1) is 0 Å². The van der Waals surface area contributed by atoms with Crippen LogP contribution in [-0.2, 0) is 0 Å². The summed E-state index contributed by atoms with van der Waals surface area (Å²) < 4.78 is 6.26. The molecule has 17 heavy (non-hydrogen) atoms. The lowest BCUT2D eigenvalue weighted by Crippen LogP contribution is -1.92. The monoisotopic (exact) mass is 242 g/mol. The van der Waals surface area contributed by atoms with Gasteiger partial charge in [0.15, 0.2) is 11.6 Å². The first-order chi connectivity index (χ1) is 8.27. The van der Waals surface area contributed by atoms with Crippen LogP contribution in [0.15, 0.2) is 41.9 Å². The highest BCUT2D eigenvalue weighted by Gasteiger charge is 2.12. The molecule has 0 bridgehead atoms. The van der Waals surface area contributed by atoms with Crippen molar-refractivity contribution >= 4 is 28.2 Å². The molecule has 0 unspecified atom stereocenters. The minimum absolute atomic E-state index is 0.0789. The van der Waals surface area contributed by atoms with E-state index in [1.807, 2.05) is 46.5 Å². The number of Topliss-reactive ketones (excluding diaryl/α,β-unsaturated/α-hetero) is 1. The molecule has 3 rings (SSSR count). The van der Waals surface area contributed by atoms with Gasteiger partial charge in [0.25, 0.3) is 0 Å². The first-order valence-electron chi connectivity index (χ1n) is 5.29. The Balaban J connectivity index is 2.37. The Morgan fingerprint density at radius 1 is 1.29 bits per heavy atom. The Bertz CT molecular complexity index is 683. The zero-order chi connectivity index (χ0) is 11.8. The minimum atomic E-state index is 0.0789. The number of para-hydroxylation sites is 1. The number of fused-ring (bicyclic) bond motifs is 1. The number of hydrogen-bond acceptors (Lipinski definition) is 3. The fourth-order valence-electron chi connectivity index (χ4n) is 1.98. The topological polar surface area (TPSA) is 34.9 Å². The van der Waals surface area contributed by atoms with Crippen molar-refractivity contribution in [3.8, 4) is 5.82 Å². The first kappa shape index (κ1) is 10.2. The Hall–Kier alpha value is -1.94. The molecule has 2 heterocycles. The molecule has 0 atom stereocenters. The van der Waals surface area contributed by atoms with E-state index in [-0.39, 0.29) is 5.78 Å². The Labute approximate surface area is 102 Å². The summed E-state index contributed by atoms with van der Waals surface area (Å²) >= 11 is 1.40. The number of carbonyl (C=O) groups excluding carboxylic acids is 1. The van der Waals surface area contributed by atoms with Crippen molar-refractivity contribution in [3.05, 3.63) is 47.5 Å². The summed E-state index contributed by atoms with van der Waals surface area (Å²) in [5.41, 5.74) is 1.76. The van der Waals surface area contributed by atoms with Crippen LogP contribution >= 0.6 is 11.5 Å². The van der Waals surface area contributed by atoms with E-state index < -0.39 is 0 Å². The second kappa shape index (κ2) is 3.82. The molecule has 0 spiro atoms. The van der Waals surface area contributed by atoms with Crippen LogP contribution < -0.4 is 0 Å². The predicted molar refractivity (Wildman–Crippen MR) is 69.0 cm³/mol. The van der Waals surface area contributed by atoms with Crippen molar-refractivity contribution in [2.45, 2.75) is 6.92 Å². The van der Waals surface area contributed by atoms with Gasteiger partial charge in [0.05, 0.1) is 5.52 Å². The Morgan fingerprint density at radius 3 is 2.82 bits per heavy atom. The number of aromatic nitrogens is 2. The molecule has 0 aliphatic heterocycles. The van der Waals surface area contributed by atoms with Crippen LogP contribution in [0.4, 0.5) is 0 Å². The molecule has 0 aliphatic carbocycles. The van der Waals surface area contributed by atoms with Gasteiger partial charge in [0.2, 0.25) is 0 Å². The summed E-state index contributed by atoms with van der Waals surface area (Å²) in [6.45, 7) is 1.59. The van der Waals surface area contributed by atoms with Gasteiger partial charge >= 0.3 is 0 Å². The molecule has 3 nitrogen and oxygen atoms in total. The lowest BCUT2D eigenvalue weighted by molar-refractivity contribution is 0.101. The maximum Gasteiger partial charge on any atom is 0.161 e. The fourth-order valence-corrected chi connectivity index (χ4v) is 2.48.